The molecule has 6 nitrogen and oxygen atoms in total. The van der Waals surface area contributed by atoms with Crippen LogP contribution in [0.25, 0.3) is 0 Å². The van der Waals surface area contributed by atoms with Crippen LogP contribution in [0.3, 0.4) is 0 Å². The summed E-state index contributed by atoms with van der Waals surface area (Å²) in [5.41, 5.74) is 7.35. The predicted molar refractivity (Wildman–Crippen MR) is 66.4 cm³/mol. The summed E-state index contributed by atoms with van der Waals surface area (Å²) in [5, 5.41) is 19.0. The zero-order valence-corrected chi connectivity index (χ0v) is 10.0. The monoisotopic (exact) mass is 252 g/mol. The van der Waals surface area contributed by atoms with Crippen molar-refractivity contribution < 1.29 is 19.7 Å². The van der Waals surface area contributed by atoms with Gasteiger partial charge in [0.2, 0.25) is 0 Å². The molecule has 0 bridgehead atoms. The Bertz CT molecular complexity index is 453. The number of carbonyl (C=O) groups excluding carboxylic acids is 1. The number of anilines is 2. The quantitative estimate of drug-likeness (QED) is 0.489. The second-order valence-corrected chi connectivity index (χ2v) is 4.30. The molecule has 0 spiro atoms. The zero-order chi connectivity index (χ0) is 13.3. The zero-order valence-electron chi connectivity index (χ0n) is 10.0. The van der Waals surface area contributed by atoms with E-state index in [9.17, 15) is 15.0 Å². The van der Waals surface area contributed by atoms with Gasteiger partial charge in [-0.1, -0.05) is 0 Å². The van der Waals surface area contributed by atoms with Crippen LogP contribution in [0.4, 0.5) is 11.4 Å². The molecule has 0 aromatic heterocycles. The van der Waals surface area contributed by atoms with Crippen molar-refractivity contribution in [2.24, 2.45) is 0 Å². The highest BCUT2D eigenvalue weighted by atomic mass is 16.5. The molecule has 18 heavy (non-hydrogen) atoms. The lowest BCUT2D eigenvalue weighted by Crippen LogP contribution is -2.22. The molecule has 2 unspecified atom stereocenters. The average molecular weight is 252 g/mol. The fourth-order valence-corrected chi connectivity index (χ4v) is 2.05. The lowest BCUT2D eigenvalue weighted by Gasteiger charge is -2.20. The summed E-state index contributed by atoms with van der Waals surface area (Å²) in [5.74, 6) is -0.449. The number of hydrogen-bond donors (Lipinski definition) is 3. The van der Waals surface area contributed by atoms with E-state index >= 15 is 0 Å². The Balaban J connectivity index is 2.23. The van der Waals surface area contributed by atoms with E-state index < -0.39 is 18.2 Å². The molecule has 1 aliphatic heterocycles. The largest absolute Gasteiger partial charge is 0.465 e. The van der Waals surface area contributed by atoms with Gasteiger partial charge in [-0.25, -0.2) is 4.79 Å². The number of ether oxygens (including phenoxy) is 1. The number of esters is 1. The van der Waals surface area contributed by atoms with Crippen molar-refractivity contribution in [3.8, 4) is 0 Å². The SMILES string of the molecule is COC(=O)c1ccc(N2CC(O)C(O)C2)c(N)c1. The molecule has 2 rings (SSSR count). The molecule has 1 aliphatic rings. The first-order chi connectivity index (χ1) is 8.52. The van der Waals surface area contributed by atoms with Crippen LogP contribution in [0, 0.1) is 0 Å². The van der Waals surface area contributed by atoms with Gasteiger partial charge in [0.05, 0.1) is 36.3 Å². The number of nitrogens with two attached hydrogens (primary N) is 1. The average Bonchev–Trinajstić information content (AvgIpc) is 2.68. The fourth-order valence-electron chi connectivity index (χ4n) is 2.05. The maximum Gasteiger partial charge on any atom is 0.337 e. The third kappa shape index (κ3) is 2.25. The third-order valence-electron chi connectivity index (χ3n) is 3.05. The summed E-state index contributed by atoms with van der Waals surface area (Å²) in [7, 11) is 1.31. The summed E-state index contributed by atoms with van der Waals surface area (Å²) in [6.07, 6.45) is -1.55. The Labute approximate surface area is 105 Å². The summed E-state index contributed by atoms with van der Waals surface area (Å²) >= 11 is 0. The minimum Gasteiger partial charge on any atom is -0.465 e. The van der Waals surface area contributed by atoms with Gasteiger partial charge in [0.25, 0.3) is 0 Å². The van der Waals surface area contributed by atoms with Crippen LogP contribution in [-0.4, -0.2) is 48.6 Å². The van der Waals surface area contributed by atoms with Gasteiger partial charge in [-0.3, -0.25) is 0 Å². The number of β-amino-alcohol motifs (C(OH)–C–C–N with tert-alkyl or cyclic N) is 2. The van der Waals surface area contributed by atoms with Crippen molar-refractivity contribution >= 4 is 17.3 Å². The maximum absolute atomic E-state index is 11.3. The normalized spacial score (nSPS) is 23.2. The standard InChI is InChI=1S/C12H16N2O4/c1-18-12(17)7-2-3-9(8(13)4-7)14-5-10(15)11(16)6-14/h2-4,10-11,15-16H,5-6,13H2,1H3. The fraction of sp³-hybridized carbons (Fsp3) is 0.417. The first kappa shape index (κ1) is 12.7. The van der Waals surface area contributed by atoms with Gasteiger partial charge in [-0.2, -0.15) is 0 Å². The van der Waals surface area contributed by atoms with E-state index in [-0.39, 0.29) is 0 Å². The number of benzene rings is 1. The Morgan fingerprint density at radius 2 is 2.00 bits per heavy atom. The van der Waals surface area contributed by atoms with Crippen LogP contribution in [0.1, 0.15) is 10.4 Å². The second-order valence-electron chi connectivity index (χ2n) is 4.30. The summed E-state index contributed by atoms with van der Waals surface area (Å²) in [6.45, 7) is 0.645. The highest BCUT2D eigenvalue weighted by molar-refractivity contribution is 5.92. The molecule has 6 heteroatoms. The van der Waals surface area contributed by atoms with Crippen molar-refractivity contribution in [1.82, 2.24) is 0 Å². The number of hydrogen-bond acceptors (Lipinski definition) is 6. The minimum atomic E-state index is -0.773. The first-order valence-electron chi connectivity index (χ1n) is 5.62. The summed E-state index contributed by atoms with van der Waals surface area (Å²) in [6, 6.07) is 4.82. The highest BCUT2D eigenvalue weighted by Crippen LogP contribution is 2.28. The number of aliphatic hydroxyl groups is 2. The molecule has 0 radical (unpaired) electrons. The van der Waals surface area contributed by atoms with E-state index in [0.717, 1.165) is 0 Å². The first-order valence-corrected chi connectivity index (χ1v) is 5.62. The molecular formula is C12H16N2O4. The lowest BCUT2D eigenvalue weighted by atomic mass is 10.1. The Morgan fingerprint density at radius 3 is 2.50 bits per heavy atom. The molecule has 4 N–H and O–H groups in total. The Hall–Kier alpha value is -1.79. The van der Waals surface area contributed by atoms with Crippen molar-refractivity contribution in [2.75, 3.05) is 30.8 Å². The van der Waals surface area contributed by atoms with E-state index in [2.05, 4.69) is 4.74 Å². The van der Waals surface area contributed by atoms with Gasteiger partial charge < -0.3 is 25.6 Å². The lowest BCUT2D eigenvalue weighted by molar-refractivity contribution is 0.0572. The molecule has 0 aliphatic carbocycles. The van der Waals surface area contributed by atoms with Gasteiger partial charge in [0.15, 0.2) is 0 Å². The van der Waals surface area contributed by atoms with Crippen LogP contribution in [0.5, 0.6) is 0 Å². The molecular weight excluding hydrogens is 236 g/mol. The van der Waals surface area contributed by atoms with E-state index in [1.165, 1.54) is 13.2 Å². The molecule has 1 saturated heterocycles. The van der Waals surface area contributed by atoms with Gasteiger partial charge in [0.1, 0.15) is 0 Å². The van der Waals surface area contributed by atoms with Crippen LogP contribution in [0.2, 0.25) is 0 Å². The minimum absolute atomic E-state index is 0.322. The van der Waals surface area contributed by atoms with Crippen LogP contribution < -0.4 is 10.6 Å². The molecule has 0 amide bonds. The summed E-state index contributed by atoms with van der Waals surface area (Å²) in [4.78, 5) is 13.1. The van der Waals surface area contributed by atoms with Gasteiger partial charge in [0, 0.05) is 13.1 Å². The summed E-state index contributed by atoms with van der Waals surface area (Å²) < 4.78 is 4.60. The van der Waals surface area contributed by atoms with Crippen molar-refractivity contribution in [2.45, 2.75) is 12.2 Å². The number of aliphatic hydroxyl groups excluding tert-OH is 2. The van der Waals surface area contributed by atoms with Crippen molar-refractivity contribution in [3.05, 3.63) is 23.8 Å². The van der Waals surface area contributed by atoms with E-state index in [0.29, 0.717) is 30.0 Å². The number of nitrogen functional groups attached to an aromatic ring is 1. The van der Waals surface area contributed by atoms with Crippen LogP contribution >= 0.6 is 0 Å². The van der Waals surface area contributed by atoms with Gasteiger partial charge in [-0.05, 0) is 18.2 Å². The third-order valence-corrected chi connectivity index (χ3v) is 3.05. The second kappa shape index (κ2) is 4.83. The molecule has 2 atom stereocenters. The van der Waals surface area contributed by atoms with Gasteiger partial charge >= 0.3 is 5.97 Å². The van der Waals surface area contributed by atoms with Crippen LogP contribution in [0.15, 0.2) is 18.2 Å². The maximum atomic E-state index is 11.3. The molecule has 98 valence electrons. The van der Waals surface area contributed by atoms with E-state index in [1.807, 2.05) is 0 Å². The number of rotatable bonds is 2. The smallest absolute Gasteiger partial charge is 0.337 e. The molecule has 0 saturated carbocycles. The Morgan fingerprint density at radius 1 is 1.39 bits per heavy atom. The molecule has 1 heterocycles. The predicted octanol–water partition coefficient (Wildman–Crippen LogP) is -0.403. The molecule has 1 fully saturated rings. The van der Waals surface area contributed by atoms with Crippen molar-refractivity contribution in [3.63, 3.8) is 0 Å². The van der Waals surface area contributed by atoms with Gasteiger partial charge in [-0.15, -0.1) is 0 Å². The number of carbonyl (C=O) groups is 1. The topological polar surface area (TPSA) is 96.0 Å². The number of methoxy groups -OCH3 is 1. The van der Waals surface area contributed by atoms with E-state index in [1.54, 1.807) is 17.0 Å². The van der Waals surface area contributed by atoms with Crippen LogP contribution in [-0.2, 0) is 4.74 Å². The number of nitrogens with zero attached hydrogens (tertiary/aromatic N) is 1. The Kier molecular flexibility index (Phi) is 3.40. The van der Waals surface area contributed by atoms with E-state index in [4.69, 9.17) is 5.73 Å². The molecule has 1 aromatic rings. The molecule has 1 aromatic carbocycles. The van der Waals surface area contributed by atoms with Crippen molar-refractivity contribution in [1.29, 1.82) is 0 Å². The highest BCUT2D eigenvalue weighted by Gasteiger charge is 2.30.